The Balaban J connectivity index is 1.79. The normalized spacial score (nSPS) is 14.6. The summed E-state index contributed by atoms with van der Waals surface area (Å²) in [6.07, 6.45) is 0.811. The van der Waals surface area contributed by atoms with Crippen LogP contribution in [0, 0.1) is 6.92 Å². The van der Waals surface area contributed by atoms with Crippen molar-refractivity contribution in [3.8, 4) is 17.2 Å². The Morgan fingerprint density at radius 3 is 2.73 bits per heavy atom. The smallest absolute Gasteiger partial charge is 0.262 e. The summed E-state index contributed by atoms with van der Waals surface area (Å²) in [5.41, 5.74) is 2.65. The first kappa shape index (κ1) is 21.5. The molecule has 2 aromatic rings. The highest BCUT2D eigenvalue weighted by Crippen LogP contribution is 2.37. The van der Waals surface area contributed by atoms with Crippen LogP contribution in [0.1, 0.15) is 42.3 Å². The van der Waals surface area contributed by atoms with Crippen LogP contribution >= 0.6 is 0 Å². The van der Waals surface area contributed by atoms with Gasteiger partial charge in [-0.3, -0.25) is 9.59 Å². The van der Waals surface area contributed by atoms with Crippen molar-refractivity contribution < 1.29 is 23.8 Å². The van der Waals surface area contributed by atoms with E-state index in [1.165, 1.54) is 7.11 Å². The molecule has 0 saturated heterocycles. The standard InChI is InChI=1S/C23H28N2O5/c1-6-15-9-7-8-14(2)21(15)25-20(26)12-29-19-11-17-16(10-18(19)28-5)22(27)24-13-23(3,4)30-17/h7-11H,6,12-13H2,1-5H3,(H,24,27)(H,25,26). The molecule has 0 aliphatic carbocycles. The monoisotopic (exact) mass is 412 g/mol. The summed E-state index contributed by atoms with van der Waals surface area (Å²) in [5, 5.41) is 5.76. The summed E-state index contributed by atoms with van der Waals surface area (Å²) in [7, 11) is 1.48. The molecule has 1 aliphatic heterocycles. The van der Waals surface area contributed by atoms with Crippen molar-refractivity contribution >= 4 is 17.5 Å². The number of hydrogen-bond acceptors (Lipinski definition) is 5. The van der Waals surface area contributed by atoms with Crippen LogP contribution in [0.5, 0.6) is 17.2 Å². The average Bonchev–Trinajstić information content (AvgIpc) is 2.82. The van der Waals surface area contributed by atoms with Crippen molar-refractivity contribution in [3.63, 3.8) is 0 Å². The number of hydrogen-bond donors (Lipinski definition) is 2. The molecular formula is C23H28N2O5. The van der Waals surface area contributed by atoms with Crippen LogP contribution < -0.4 is 24.8 Å². The van der Waals surface area contributed by atoms with E-state index >= 15 is 0 Å². The van der Waals surface area contributed by atoms with Gasteiger partial charge in [0, 0.05) is 17.8 Å². The number of amides is 2. The molecule has 0 unspecified atom stereocenters. The Bertz CT molecular complexity index is 968. The van der Waals surface area contributed by atoms with E-state index in [1.807, 2.05) is 45.9 Å². The number of carbonyl (C=O) groups excluding carboxylic acids is 2. The molecule has 0 fully saturated rings. The molecule has 7 nitrogen and oxygen atoms in total. The number of ether oxygens (including phenoxy) is 3. The van der Waals surface area contributed by atoms with Crippen molar-refractivity contribution in [2.24, 2.45) is 0 Å². The molecule has 3 rings (SSSR count). The Kier molecular flexibility index (Phi) is 6.20. The lowest BCUT2D eigenvalue weighted by Crippen LogP contribution is -2.39. The number of methoxy groups -OCH3 is 1. The van der Waals surface area contributed by atoms with Crippen LogP contribution in [-0.2, 0) is 11.2 Å². The van der Waals surface area contributed by atoms with Crippen molar-refractivity contribution in [2.45, 2.75) is 39.7 Å². The zero-order valence-corrected chi connectivity index (χ0v) is 18.0. The third-order valence-electron chi connectivity index (χ3n) is 4.93. The van der Waals surface area contributed by atoms with Gasteiger partial charge in [-0.05, 0) is 38.3 Å². The second kappa shape index (κ2) is 8.65. The van der Waals surface area contributed by atoms with E-state index in [0.29, 0.717) is 29.4 Å². The van der Waals surface area contributed by atoms with Crippen LogP contribution in [0.15, 0.2) is 30.3 Å². The summed E-state index contributed by atoms with van der Waals surface area (Å²) in [6, 6.07) is 9.08. The third-order valence-corrected chi connectivity index (χ3v) is 4.93. The molecule has 30 heavy (non-hydrogen) atoms. The molecule has 0 aromatic heterocycles. The molecule has 0 atom stereocenters. The number of fused-ring (bicyclic) bond motifs is 1. The van der Waals surface area contributed by atoms with Gasteiger partial charge in [-0.25, -0.2) is 0 Å². The van der Waals surface area contributed by atoms with Crippen LogP contribution in [-0.4, -0.2) is 37.7 Å². The fourth-order valence-corrected chi connectivity index (χ4v) is 3.32. The number of anilines is 1. The quantitative estimate of drug-likeness (QED) is 0.759. The first-order valence-electron chi connectivity index (χ1n) is 9.94. The van der Waals surface area contributed by atoms with E-state index in [9.17, 15) is 9.59 Å². The summed E-state index contributed by atoms with van der Waals surface area (Å²) in [6.45, 7) is 7.93. The minimum atomic E-state index is -0.578. The molecule has 1 heterocycles. The van der Waals surface area contributed by atoms with Gasteiger partial charge in [-0.1, -0.05) is 25.1 Å². The largest absolute Gasteiger partial charge is 0.493 e. The lowest BCUT2D eigenvalue weighted by molar-refractivity contribution is -0.118. The van der Waals surface area contributed by atoms with Gasteiger partial charge in [0.05, 0.1) is 19.2 Å². The minimum Gasteiger partial charge on any atom is -0.493 e. The topological polar surface area (TPSA) is 85.9 Å². The number of para-hydroxylation sites is 1. The Morgan fingerprint density at radius 1 is 1.27 bits per heavy atom. The fraction of sp³-hybridized carbons (Fsp3) is 0.391. The van der Waals surface area contributed by atoms with E-state index < -0.39 is 5.60 Å². The SMILES string of the molecule is CCc1cccc(C)c1NC(=O)COc1cc2c(cc1OC)C(=O)NCC(C)(C)O2. The first-order chi connectivity index (χ1) is 14.2. The van der Waals surface area contributed by atoms with Crippen molar-refractivity contribution in [2.75, 3.05) is 25.6 Å². The summed E-state index contributed by atoms with van der Waals surface area (Å²) >= 11 is 0. The molecule has 2 amide bonds. The Labute approximate surface area is 176 Å². The molecule has 1 aliphatic rings. The highest BCUT2D eigenvalue weighted by atomic mass is 16.5. The second-order valence-electron chi connectivity index (χ2n) is 7.84. The molecule has 2 aromatic carbocycles. The molecule has 0 bridgehead atoms. The Hall–Kier alpha value is -3.22. The predicted octanol–water partition coefficient (Wildman–Crippen LogP) is 3.48. The highest BCUT2D eigenvalue weighted by Gasteiger charge is 2.30. The van der Waals surface area contributed by atoms with Gasteiger partial charge in [0.1, 0.15) is 11.4 Å². The van der Waals surface area contributed by atoms with Crippen LogP contribution in [0.25, 0.3) is 0 Å². The van der Waals surface area contributed by atoms with Gasteiger partial charge < -0.3 is 24.8 Å². The summed E-state index contributed by atoms with van der Waals surface area (Å²) in [5.74, 6) is 0.542. The maximum atomic E-state index is 12.5. The van der Waals surface area contributed by atoms with Gasteiger partial charge in [0.15, 0.2) is 18.1 Å². The molecule has 7 heteroatoms. The maximum absolute atomic E-state index is 12.5. The fourth-order valence-electron chi connectivity index (χ4n) is 3.32. The van der Waals surface area contributed by atoms with Gasteiger partial charge in [0.25, 0.3) is 11.8 Å². The minimum absolute atomic E-state index is 0.206. The highest BCUT2D eigenvalue weighted by molar-refractivity contribution is 5.98. The van der Waals surface area contributed by atoms with Crippen molar-refractivity contribution in [1.82, 2.24) is 5.32 Å². The molecular weight excluding hydrogens is 384 g/mol. The predicted molar refractivity (Wildman–Crippen MR) is 115 cm³/mol. The first-order valence-corrected chi connectivity index (χ1v) is 9.94. The van der Waals surface area contributed by atoms with Crippen LogP contribution in [0.2, 0.25) is 0 Å². The average molecular weight is 412 g/mol. The number of rotatable bonds is 6. The van der Waals surface area contributed by atoms with Gasteiger partial charge >= 0.3 is 0 Å². The second-order valence-corrected chi connectivity index (χ2v) is 7.84. The van der Waals surface area contributed by atoms with E-state index in [0.717, 1.165) is 23.2 Å². The molecule has 0 radical (unpaired) electrons. The lowest BCUT2D eigenvalue weighted by atomic mass is 10.1. The van der Waals surface area contributed by atoms with Gasteiger partial charge in [-0.15, -0.1) is 0 Å². The molecule has 2 N–H and O–H groups in total. The number of nitrogens with one attached hydrogen (secondary N) is 2. The number of benzene rings is 2. The zero-order valence-electron chi connectivity index (χ0n) is 18.0. The van der Waals surface area contributed by atoms with Crippen molar-refractivity contribution in [1.29, 1.82) is 0 Å². The Morgan fingerprint density at radius 2 is 2.03 bits per heavy atom. The van der Waals surface area contributed by atoms with E-state index in [1.54, 1.807) is 12.1 Å². The van der Waals surface area contributed by atoms with E-state index in [-0.39, 0.29) is 18.4 Å². The number of carbonyl (C=O) groups is 2. The zero-order chi connectivity index (χ0) is 21.9. The van der Waals surface area contributed by atoms with Crippen LogP contribution in [0.3, 0.4) is 0 Å². The maximum Gasteiger partial charge on any atom is 0.262 e. The molecule has 160 valence electrons. The summed E-state index contributed by atoms with van der Waals surface area (Å²) < 4.78 is 17.1. The van der Waals surface area contributed by atoms with E-state index in [4.69, 9.17) is 14.2 Å². The van der Waals surface area contributed by atoms with Crippen molar-refractivity contribution in [3.05, 3.63) is 47.0 Å². The van der Waals surface area contributed by atoms with Crippen LogP contribution in [0.4, 0.5) is 5.69 Å². The van der Waals surface area contributed by atoms with Gasteiger partial charge in [-0.2, -0.15) is 0 Å². The molecule has 0 saturated carbocycles. The number of aryl methyl sites for hydroxylation is 2. The van der Waals surface area contributed by atoms with E-state index in [2.05, 4.69) is 10.6 Å². The third kappa shape index (κ3) is 4.67. The summed E-state index contributed by atoms with van der Waals surface area (Å²) in [4.78, 5) is 24.9. The van der Waals surface area contributed by atoms with Gasteiger partial charge in [0.2, 0.25) is 0 Å². The lowest BCUT2D eigenvalue weighted by Gasteiger charge is -2.24. The molecule has 0 spiro atoms.